The number of unbranched alkanes of at least 4 members (excludes halogenated alkanes) is 3. The van der Waals surface area contributed by atoms with Gasteiger partial charge in [-0.15, -0.1) is 0 Å². The largest absolute Gasteiger partial charge is 0.493 e. The van der Waals surface area contributed by atoms with Crippen LogP contribution in [0.15, 0.2) is 46.0 Å². The summed E-state index contributed by atoms with van der Waals surface area (Å²) >= 11 is 3.42. The Morgan fingerprint density at radius 2 is 1.87 bits per heavy atom. The molecule has 162 valence electrons. The minimum absolute atomic E-state index is 0.132. The van der Waals surface area contributed by atoms with E-state index in [2.05, 4.69) is 33.4 Å². The molecule has 0 unspecified atom stereocenters. The maximum Gasteiger partial charge on any atom is 0.277 e. The summed E-state index contributed by atoms with van der Waals surface area (Å²) in [7, 11) is 1.60. The van der Waals surface area contributed by atoms with Crippen molar-refractivity contribution in [2.75, 3.05) is 20.3 Å². The number of rotatable bonds is 12. The molecule has 0 saturated heterocycles. The van der Waals surface area contributed by atoms with Crippen molar-refractivity contribution in [1.29, 1.82) is 0 Å². The lowest BCUT2D eigenvalue weighted by Gasteiger charge is -2.11. The summed E-state index contributed by atoms with van der Waals surface area (Å²) < 4.78 is 17.5. The average Bonchev–Trinajstić information content (AvgIpc) is 2.73. The van der Waals surface area contributed by atoms with Crippen LogP contribution in [0.25, 0.3) is 0 Å². The number of methoxy groups -OCH3 is 1. The number of hydrogen-bond acceptors (Lipinski definition) is 5. The standard InChI is InChI=1S/C23H29BrN2O4/c1-4-5-6-7-12-29-21-11-9-18(14-22(21)28-3)15-25-26-23(27)16-30-20-10-8-17(2)13-19(20)24/h8-11,13-15H,4-7,12,16H2,1-3H3,(H,26,27)/b25-15+. The van der Waals surface area contributed by atoms with Gasteiger partial charge in [0.05, 0.1) is 24.4 Å². The molecule has 0 spiro atoms. The zero-order valence-corrected chi connectivity index (χ0v) is 19.3. The van der Waals surface area contributed by atoms with Crippen molar-refractivity contribution >= 4 is 28.1 Å². The van der Waals surface area contributed by atoms with Crippen LogP contribution >= 0.6 is 15.9 Å². The molecule has 0 bridgehead atoms. The third kappa shape index (κ3) is 8.06. The number of aryl methyl sites for hydroxylation is 1. The van der Waals surface area contributed by atoms with Crippen LogP contribution < -0.4 is 19.6 Å². The first kappa shape index (κ1) is 23.7. The van der Waals surface area contributed by atoms with Gasteiger partial charge >= 0.3 is 0 Å². The molecule has 0 heterocycles. The van der Waals surface area contributed by atoms with E-state index in [-0.39, 0.29) is 12.5 Å². The third-order valence-electron chi connectivity index (χ3n) is 4.29. The molecular weight excluding hydrogens is 448 g/mol. The number of nitrogens with zero attached hydrogens (tertiary/aromatic N) is 1. The smallest absolute Gasteiger partial charge is 0.277 e. The fourth-order valence-corrected chi connectivity index (χ4v) is 3.28. The van der Waals surface area contributed by atoms with Crippen molar-refractivity contribution in [2.24, 2.45) is 5.10 Å². The van der Waals surface area contributed by atoms with Crippen LogP contribution in [0.1, 0.15) is 43.7 Å². The number of benzene rings is 2. The molecule has 2 aromatic rings. The molecule has 2 rings (SSSR count). The third-order valence-corrected chi connectivity index (χ3v) is 4.91. The summed E-state index contributed by atoms with van der Waals surface area (Å²) in [5, 5.41) is 3.98. The van der Waals surface area contributed by atoms with Gasteiger partial charge in [-0.1, -0.05) is 32.3 Å². The maximum absolute atomic E-state index is 11.9. The summed E-state index contributed by atoms with van der Waals surface area (Å²) in [6.07, 6.45) is 6.15. The van der Waals surface area contributed by atoms with Gasteiger partial charge in [-0.2, -0.15) is 5.10 Å². The molecule has 1 N–H and O–H groups in total. The van der Waals surface area contributed by atoms with E-state index >= 15 is 0 Å². The van der Waals surface area contributed by atoms with Crippen LogP contribution in [0.3, 0.4) is 0 Å². The Morgan fingerprint density at radius 1 is 1.07 bits per heavy atom. The SMILES string of the molecule is CCCCCCOc1ccc(/C=N/NC(=O)COc2ccc(C)cc2Br)cc1OC. The zero-order chi connectivity index (χ0) is 21.8. The van der Waals surface area contributed by atoms with E-state index in [4.69, 9.17) is 14.2 Å². The van der Waals surface area contributed by atoms with E-state index in [0.717, 1.165) is 28.4 Å². The molecule has 0 aromatic heterocycles. The van der Waals surface area contributed by atoms with E-state index in [1.54, 1.807) is 13.3 Å². The number of carbonyl (C=O) groups is 1. The Bertz CT molecular complexity index is 855. The second-order valence-corrected chi connectivity index (χ2v) is 7.69. The number of ether oxygens (including phenoxy) is 3. The maximum atomic E-state index is 11.9. The summed E-state index contributed by atoms with van der Waals surface area (Å²) in [5.41, 5.74) is 4.34. The van der Waals surface area contributed by atoms with Gasteiger partial charge < -0.3 is 14.2 Å². The molecule has 1 amide bonds. The van der Waals surface area contributed by atoms with Gasteiger partial charge in [0.2, 0.25) is 0 Å². The molecule has 0 atom stereocenters. The highest BCUT2D eigenvalue weighted by molar-refractivity contribution is 9.10. The van der Waals surface area contributed by atoms with Gasteiger partial charge in [-0.3, -0.25) is 4.79 Å². The molecule has 0 aliphatic rings. The minimum atomic E-state index is -0.349. The average molecular weight is 477 g/mol. The molecule has 0 saturated carbocycles. The van der Waals surface area contributed by atoms with E-state index in [0.29, 0.717) is 23.9 Å². The van der Waals surface area contributed by atoms with E-state index < -0.39 is 0 Å². The number of carbonyl (C=O) groups excluding carboxylic acids is 1. The first-order valence-corrected chi connectivity index (χ1v) is 10.8. The molecule has 0 aliphatic carbocycles. The highest BCUT2D eigenvalue weighted by atomic mass is 79.9. The lowest BCUT2D eigenvalue weighted by atomic mass is 10.2. The monoisotopic (exact) mass is 476 g/mol. The number of amides is 1. The van der Waals surface area contributed by atoms with Crippen LogP contribution in [0.5, 0.6) is 17.2 Å². The lowest BCUT2D eigenvalue weighted by molar-refractivity contribution is -0.123. The predicted molar refractivity (Wildman–Crippen MR) is 123 cm³/mol. The molecule has 6 nitrogen and oxygen atoms in total. The van der Waals surface area contributed by atoms with Crippen LogP contribution in [0.2, 0.25) is 0 Å². The van der Waals surface area contributed by atoms with Crippen molar-refractivity contribution in [2.45, 2.75) is 39.5 Å². The summed E-state index contributed by atoms with van der Waals surface area (Å²) in [4.78, 5) is 11.9. The quantitative estimate of drug-likeness (QED) is 0.258. The number of hydrogen-bond donors (Lipinski definition) is 1. The highest BCUT2D eigenvalue weighted by Gasteiger charge is 2.07. The summed E-state index contributed by atoms with van der Waals surface area (Å²) in [5.74, 6) is 1.59. The molecule has 30 heavy (non-hydrogen) atoms. The van der Waals surface area contributed by atoms with Gasteiger partial charge in [-0.05, 0) is 70.7 Å². The van der Waals surface area contributed by atoms with Crippen LogP contribution in [0.4, 0.5) is 0 Å². The number of nitrogens with one attached hydrogen (secondary N) is 1. The Hall–Kier alpha value is -2.54. The van der Waals surface area contributed by atoms with Crippen molar-refractivity contribution in [3.8, 4) is 17.2 Å². The zero-order valence-electron chi connectivity index (χ0n) is 17.7. The fraction of sp³-hybridized carbons (Fsp3) is 0.391. The molecular formula is C23H29BrN2O4. The second kappa shape index (κ2) is 12.9. The van der Waals surface area contributed by atoms with E-state index in [9.17, 15) is 4.79 Å². The lowest BCUT2D eigenvalue weighted by Crippen LogP contribution is -2.24. The van der Waals surface area contributed by atoms with Crippen LogP contribution in [-0.4, -0.2) is 32.4 Å². The Balaban J connectivity index is 1.82. The van der Waals surface area contributed by atoms with Crippen molar-refractivity contribution in [1.82, 2.24) is 5.43 Å². The van der Waals surface area contributed by atoms with Crippen molar-refractivity contribution in [3.63, 3.8) is 0 Å². The van der Waals surface area contributed by atoms with Gasteiger partial charge in [0.1, 0.15) is 5.75 Å². The fourth-order valence-electron chi connectivity index (χ4n) is 2.67. The predicted octanol–water partition coefficient (Wildman–Crippen LogP) is 5.25. The highest BCUT2D eigenvalue weighted by Crippen LogP contribution is 2.28. The normalized spacial score (nSPS) is 10.8. The Labute approximate surface area is 186 Å². The Morgan fingerprint density at radius 3 is 2.60 bits per heavy atom. The number of halogens is 1. The first-order valence-electron chi connectivity index (χ1n) is 10.0. The van der Waals surface area contributed by atoms with Gasteiger partial charge in [-0.25, -0.2) is 5.43 Å². The first-order chi connectivity index (χ1) is 14.5. The Kier molecular flexibility index (Phi) is 10.2. The minimum Gasteiger partial charge on any atom is -0.493 e. The van der Waals surface area contributed by atoms with Gasteiger partial charge in [0.25, 0.3) is 5.91 Å². The molecule has 0 radical (unpaired) electrons. The van der Waals surface area contributed by atoms with E-state index in [1.807, 2.05) is 43.3 Å². The molecule has 0 fully saturated rings. The summed E-state index contributed by atoms with van der Waals surface area (Å²) in [6.45, 7) is 4.70. The molecule has 2 aromatic carbocycles. The second-order valence-electron chi connectivity index (χ2n) is 6.84. The van der Waals surface area contributed by atoms with Crippen LogP contribution in [-0.2, 0) is 4.79 Å². The van der Waals surface area contributed by atoms with Gasteiger partial charge in [0.15, 0.2) is 18.1 Å². The van der Waals surface area contributed by atoms with E-state index in [1.165, 1.54) is 12.8 Å². The molecule has 0 aliphatic heterocycles. The van der Waals surface area contributed by atoms with Crippen molar-refractivity contribution < 1.29 is 19.0 Å². The number of hydrazone groups is 1. The van der Waals surface area contributed by atoms with Gasteiger partial charge in [0, 0.05) is 0 Å². The summed E-state index contributed by atoms with van der Waals surface area (Å²) in [6, 6.07) is 11.2. The molecule has 7 heteroatoms. The van der Waals surface area contributed by atoms with Crippen molar-refractivity contribution in [3.05, 3.63) is 52.0 Å². The van der Waals surface area contributed by atoms with Crippen LogP contribution in [0, 0.1) is 6.92 Å². The topological polar surface area (TPSA) is 69.2 Å².